The Kier molecular flexibility index (Phi) is 8.53. The monoisotopic (exact) mass is 555 g/mol. The van der Waals surface area contributed by atoms with Crippen molar-refractivity contribution in [3.05, 3.63) is 62.9 Å². The molecule has 12 nitrogen and oxygen atoms in total. The largest absolute Gasteiger partial charge is 0.462 e. The van der Waals surface area contributed by atoms with Crippen molar-refractivity contribution < 1.29 is 37.4 Å². The van der Waals surface area contributed by atoms with E-state index < -0.39 is 68.3 Å². The van der Waals surface area contributed by atoms with Crippen LogP contribution in [-0.4, -0.2) is 57.8 Å². The Labute approximate surface area is 217 Å². The van der Waals surface area contributed by atoms with Crippen LogP contribution in [-0.2, 0) is 23.4 Å². The molecular formula is C24H31FN3O9P. The number of H-pyrrole nitrogens is 1. The number of esters is 1. The first-order valence-electron chi connectivity index (χ1n) is 12.3. The van der Waals surface area contributed by atoms with Crippen molar-refractivity contribution in [2.45, 2.75) is 76.3 Å². The molecule has 1 saturated carbocycles. The summed E-state index contributed by atoms with van der Waals surface area (Å²) in [5.41, 5.74) is -0.490. The lowest BCUT2D eigenvalue weighted by molar-refractivity contribution is -0.149. The number of carbonyl (C=O) groups excluding carboxylic acids is 1. The van der Waals surface area contributed by atoms with Crippen LogP contribution in [0.2, 0.25) is 0 Å². The van der Waals surface area contributed by atoms with Crippen LogP contribution >= 0.6 is 7.75 Å². The van der Waals surface area contributed by atoms with Gasteiger partial charge in [0.05, 0.1) is 12.7 Å². The van der Waals surface area contributed by atoms with Gasteiger partial charge in [-0.25, -0.2) is 13.8 Å². The third kappa shape index (κ3) is 6.78. The number of halogens is 1. The Morgan fingerprint density at radius 2 is 1.92 bits per heavy atom. The Bertz CT molecular complexity index is 1290. The average molecular weight is 555 g/mol. The summed E-state index contributed by atoms with van der Waals surface area (Å²) < 4.78 is 51.1. The number of nitrogens with one attached hydrogen (secondary N) is 2. The number of hydrogen-bond acceptors (Lipinski definition) is 9. The number of aliphatic hydroxyl groups excluding tert-OH is 1. The van der Waals surface area contributed by atoms with Crippen molar-refractivity contribution in [1.29, 1.82) is 0 Å². The highest BCUT2D eigenvalue weighted by molar-refractivity contribution is 7.52. The molecule has 0 spiro atoms. The zero-order valence-electron chi connectivity index (χ0n) is 21.1. The Balaban J connectivity index is 1.49. The Morgan fingerprint density at radius 1 is 1.24 bits per heavy atom. The van der Waals surface area contributed by atoms with Crippen molar-refractivity contribution in [2.24, 2.45) is 0 Å². The molecule has 1 saturated heterocycles. The number of benzene rings is 1. The van der Waals surface area contributed by atoms with E-state index in [0.717, 1.165) is 35.2 Å². The fourth-order valence-corrected chi connectivity index (χ4v) is 5.44. The van der Waals surface area contributed by atoms with Crippen LogP contribution < -0.4 is 20.9 Å². The molecule has 6 atom stereocenters. The number of hydrogen-bond donors (Lipinski definition) is 3. The summed E-state index contributed by atoms with van der Waals surface area (Å²) in [7, 11) is -4.30. The van der Waals surface area contributed by atoms with E-state index in [-0.39, 0.29) is 5.75 Å². The van der Waals surface area contributed by atoms with Gasteiger partial charge in [-0.2, -0.15) is 5.09 Å². The van der Waals surface area contributed by atoms with Gasteiger partial charge in [0.1, 0.15) is 24.0 Å². The van der Waals surface area contributed by atoms with Crippen LogP contribution in [0, 0.1) is 0 Å². The quantitative estimate of drug-likeness (QED) is 0.277. The van der Waals surface area contributed by atoms with E-state index in [1.165, 1.54) is 6.92 Å². The number of ether oxygens (including phenoxy) is 2. The minimum atomic E-state index is -4.30. The molecule has 38 heavy (non-hydrogen) atoms. The number of carbonyl (C=O) groups is 1. The summed E-state index contributed by atoms with van der Waals surface area (Å²) in [6.45, 7) is 4.12. The minimum Gasteiger partial charge on any atom is -0.462 e. The summed E-state index contributed by atoms with van der Waals surface area (Å²) in [5.74, 6) is -0.00724. The first-order valence-corrected chi connectivity index (χ1v) is 13.8. The molecule has 208 valence electrons. The van der Waals surface area contributed by atoms with Crippen molar-refractivity contribution in [1.82, 2.24) is 14.6 Å². The molecule has 3 N–H and O–H groups in total. The molecule has 1 aromatic heterocycles. The van der Waals surface area contributed by atoms with Gasteiger partial charge in [-0.3, -0.25) is 23.7 Å². The molecule has 1 aromatic carbocycles. The lowest BCUT2D eigenvalue weighted by Crippen LogP contribution is -2.37. The van der Waals surface area contributed by atoms with Crippen LogP contribution in [0.1, 0.15) is 51.3 Å². The van der Waals surface area contributed by atoms with Gasteiger partial charge in [0.15, 0.2) is 12.4 Å². The fourth-order valence-electron chi connectivity index (χ4n) is 3.94. The van der Waals surface area contributed by atoms with Crippen LogP contribution in [0.5, 0.6) is 5.75 Å². The first-order chi connectivity index (χ1) is 18.0. The van der Waals surface area contributed by atoms with E-state index in [2.05, 4.69) is 5.09 Å². The highest BCUT2D eigenvalue weighted by Crippen LogP contribution is 2.47. The SMILES string of the molecule is CC(C)OC(=O)[C@H](C)NP(=O)(OC[C@H]1O[C@@H](n2ccc(=O)[nH]c2=O)[C@H](F)[C@@H]1O)Oc1ccc(C2CC2)cc1. The van der Waals surface area contributed by atoms with Crippen LogP contribution in [0.4, 0.5) is 4.39 Å². The number of aromatic amines is 1. The van der Waals surface area contributed by atoms with Gasteiger partial charge >= 0.3 is 19.4 Å². The molecule has 2 heterocycles. The number of alkyl halides is 1. The van der Waals surface area contributed by atoms with Crippen LogP contribution in [0.3, 0.4) is 0 Å². The molecule has 0 bridgehead atoms. The second kappa shape index (κ2) is 11.5. The molecule has 2 aromatic rings. The molecule has 1 aliphatic carbocycles. The number of nitrogens with zero attached hydrogens (tertiary/aromatic N) is 1. The van der Waals surface area contributed by atoms with Crippen LogP contribution in [0.25, 0.3) is 0 Å². The zero-order chi connectivity index (χ0) is 27.6. The molecule has 2 aliphatic rings. The van der Waals surface area contributed by atoms with E-state index >= 15 is 0 Å². The smallest absolute Gasteiger partial charge is 0.459 e. The Morgan fingerprint density at radius 3 is 2.53 bits per heavy atom. The van der Waals surface area contributed by atoms with E-state index in [9.17, 15) is 28.4 Å². The normalized spacial score (nSPS) is 25.6. The molecule has 14 heteroatoms. The molecule has 0 amide bonds. The van der Waals surface area contributed by atoms with Gasteiger partial charge < -0.3 is 19.1 Å². The van der Waals surface area contributed by atoms with Crippen molar-refractivity contribution in [2.75, 3.05) is 6.61 Å². The van der Waals surface area contributed by atoms with Crippen molar-refractivity contribution in [3.8, 4) is 5.75 Å². The van der Waals surface area contributed by atoms with Gasteiger partial charge in [0, 0.05) is 12.3 Å². The molecular weight excluding hydrogens is 524 g/mol. The predicted molar refractivity (Wildman–Crippen MR) is 133 cm³/mol. The van der Waals surface area contributed by atoms with Gasteiger partial charge in [-0.05, 0) is 57.2 Å². The molecule has 1 unspecified atom stereocenters. The zero-order valence-corrected chi connectivity index (χ0v) is 22.0. The van der Waals surface area contributed by atoms with Gasteiger partial charge in [-0.1, -0.05) is 12.1 Å². The lowest BCUT2D eigenvalue weighted by Gasteiger charge is -2.25. The third-order valence-corrected chi connectivity index (χ3v) is 7.68. The number of aliphatic hydroxyl groups is 1. The number of aromatic nitrogens is 2. The minimum absolute atomic E-state index is 0.198. The maximum Gasteiger partial charge on any atom is 0.459 e. The second-order valence-corrected chi connectivity index (χ2v) is 11.3. The number of rotatable bonds is 11. The highest BCUT2D eigenvalue weighted by Gasteiger charge is 2.47. The summed E-state index contributed by atoms with van der Waals surface area (Å²) >= 11 is 0. The van der Waals surface area contributed by atoms with E-state index in [1.807, 2.05) is 17.1 Å². The topological polar surface area (TPSA) is 158 Å². The van der Waals surface area contributed by atoms with Crippen LogP contribution in [0.15, 0.2) is 46.1 Å². The molecule has 4 rings (SSSR count). The van der Waals surface area contributed by atoms with Crippen molar-refractivity contribution >= 4 is 13.7 Å². The maximum absolute atomic E-state index is 14.9. The molecule has 0 radical (unpaired) electrons. The molecule has 2 fully saturated rings. The summed E-state index contributed by atoms with van der Waals surface area (Å²) in [6, 6.07) is 6.84. The third-order valence-electron chi connectivity index (χ3n) is 6.04. The first kappa shape index (κ1) is 28.2. The van der Waals surface area contributed by atoms with Gasteiger partial charge in [-0.15, -0.1) is 0 Å². The lowest BCUT2D eigenvalue weighted by atomic mass is 10.1. The summed E-state index contributed by atoms with van der Waals surface area (Å²) in [6.07, 6.45) is -3.91. The maximum atomic E-state index is 14.9. The highest BCUT2D eigenvalue weighted by atomic mass is 31.2. The Hall–Kier alpha value is -2.83. The van der Waals surface area contributed by atoms with Gasteiger partial charge in [0.25, 0.3) is 5.56 Å². The van der Waals surface area contributed by atoms with E-state index in [0.29, 0.717) is 5.92 Å². The predicted octanol–water partition coefficient (Wildman–Crippen LogP) is 2.14. The summed E-state index contributed by atoms with van der Waals surface area (Å²) in [5, 5.41) is 12.9. The van der Waals surface area contributed by atoms with Crippen molar-refractivity contribution in [3.63, 3.8) is 0 Å². The fraction of sp³-hybridized carbons (Fsp3) is 0.542. The standard InChI is InChI=1S/C24H31FN3O9P/c1-13(2)35-23(31)14(3)27-38(33,37-17-8-6-16(7-9-17)15-4-5-15)34-12-18-21(30)20(25)22(36-18)28-11-10-19(29)26-24(28)32/h6-11,13-15,18,20-22,30H,4-5,12H2,1-3H3,(H,27,33)(H,26,29,32)/t14-,18+,20+,21+,22+,38?/m0/s1. The average Bonchev–Trinajstić information content (AvgIpc) is 3.65. The van der Waals surface area contributed by atoms with E-state index in [4.69, 9.17) is 18.5 Å². The van der Waals surface area contributed by atoms with Gasteiger partial charge in [0.2, 0.25) is 0 Å². The second-order valence-electron chi connectivity index (χ2n) is 9.58. The summed E-state index contributed by atoms with van der Waals surface area (Å²) in [4.78, 5) is 37.7. The van der Waals surface area contributed by atoms with E-state index in [1.54, 1.807) is 26.0 Å². The molecule has 1 aliphatic heterocycles.